The SMILES string of the molecule is Cc1cc(OC2CCC(NO)CC2)ccc1C#N. The lowest BCUT2D eigenvalue weighted by atomic mass is 9.93. The lowest BCUT2D eigenvalue weighted by molar-refractivity contribution is 0.0720. The van der Waals surface area contributed by atoms with E-state index in [0.29, 0.717) is 5.56 Å². The lowest BCUT2D eigenvalue weighted by Gasteiger charge is -2.28. The van der Waals surface area contributed by atoms with Gasteiger partial charge in [-0.25, -0.2) is 5.48 Å². The van der Waals surface area contributed by atoms with Crippen molar-refractivity contribution in [1.82, 2.24) is 5.48 Å². The molecule has 0 unspecified atom stereocenters. The van der Waals surface area contributed by atoms with Gasteiger partial charge < -0.3 is 9.94 Å². The van der Waals surface area contributed by atoms with E-state index in [1.165, 1.54) is 0 Å². The zero-order chi connectivity index (χ0) is 13.0. The van der Waals surface area contributed by atoms with Gasteiger partial charge in [-0.05, 0) is 56.4 Å². The first-order chi connectivity index (χ1) is 8.72. The van der Waals surface area contributed by atoms with Crippen LogP contribution in [0.15, 0.2) is 18.2 Å². The standard InChI is InChI=1S/C14H18N2O2/c1-10-8-14(5-2-11(10)9-15)18-13-6-3-12(16-17)4-7-13/h2,5,8,12-13,16-17H,3-4,6-7H2,1H3. The van der Waals surface area contributed by atoms with Gasteiger partial charge >= 0.3 is 0 Å². The van der Waals surface area contributed by atoms with Crippen molar-refractivity contribution in [2.24, 2.45) is 0 Å². The quantitative estimate of drug-likeness (QED) is 0.804. The number of hydrogen-bond donors (Lipinski definition) is 2. The third kappa shape index (κ3) is 3.00. The molecule has 2 N–H and O–H groups in total. The van der Waals surface area contributed by atoms with Gasteiger partial charge in [0, 0.05) is 6.04 Å². The lowest BCUT2D eigenvalue weighted by Crippen LogP contribution is -2.34. The summed E-state index contributed by atoms with van der Waals surface area (Å²) in [7, 11) is 0. The number of rotatable bonds is 3. The van der Waals surface area contributed by atoms with Crippen LogP contribution in [0, 0.1) is 18.3 Å². The van der Waals surface area contributed by atoms with Crippen molar-refractivity contribution >= 4 is 0 Å². The van der Waals surface area contributed by atoms with Gasteiger partial charge in [-0.15, -0.1) is 0 Å². The molecule has 4 nitrogen and oxygen atoms in total. The zero-order valence-electron chi connectivity index (χ0n) is 10.5. The average Bonchev–Trinajstić information content (AvgIpc) is 2.40. The van der Waals surface area contributed by atoms with Gasteiger partial charge in [-0.1, -0.05) is 0 Å². The van der Waals surface area contributed by atoms with Crippen LogP contribution in [0.2, 0.25) is 0 Å². The van der Waals surface area contributed by atoms with E-state index in [0.717, 1.165) is 37.0 Å². The second-order valence-corrected chi connectivity index (χ2v) is 4.81. The Morgan fingerprint density at radius 1 is 1.33 bits per heavy atom. The predicted molar refractivity (Wildman–Crippen MR) is 67.5 cm³/mol. The van der Waals surface area contributed by atoms with Crippen molar-refractivity contribution < 1.29 is 9.94 Å². The van der Waals surface area contributed by atoms with E-state index in [9.17, 15) is 0 Å². The van der Waals surface area contributed by atoms with Crippen molar-refractivity contribution in [3.8, 4) is 11.8 Å². The molecule has 0 radical (unpaired) electrons. The number of nitrogens with one attached hydrogen (secondary N) is 1. The van der Waals surface area contributed by atoms with Gasteiger partial charge in [0.1, 0.15) is 5.75 Å². The van der Waals surface area contributed by atoms with Crippen LogP contribution in [0.1, 0.15) is 36.8 Å². The molecule has 0 atom stereocenters. The number of hydrogen-bond acceptors (Lipinski definition) is 4. The predicted octanol–water partition coefficient (Wildman–Crippen LogP) is 2.54. The van der Waals surface area contributed by atoms with Crippen molar-refractivity contribution in [3.05, 3.63) is 29.3 Å². The topological polar surface area (TPSA) is 65.3 Å². The summed E-state index contributed by atoms with van der Waals surface area (Å²) in [6.07, 6.45) is 3.95. The van der Waals surface area contributed by atoms with E-state index in [1.54, 1.807) is 6.07 Å². The molecule has 0 spiro atoms. The molecular formula is C14H18N2O2. The molecule has 0 aromatic heterocycles. The minimum atomic E-state index is 0.201. The van der Waals surface area contributed by atoms with Gasteiger partial charge in [-0.3, -0.25) is 0 Å². The van der Waals surface area contributed by atoms with Gasteiger partial charge in [0.25, 0.3) is 0 Å². The number of aryl methyl sites for hydroxylation is 1. The molecule has 1 aromatic carbocycles. The molecule has 1 saturated carbocycles. The Morgan fingerprint density at radius 3 is 2.61 bits per heavy atom. The Bertz CT molecular complexity index is 446. The number of nitriles is 1. The maximum atomic E-state index is 8.87. The smallest absolute Gasteiger partial charge is 0.120 e. The van der Waals surface area contributed by atoms with Crippen LogP contribution in [0.5, 0.6) is 5.75 Å². The van der Waals surface area contributed by atoms with Crippen molar-refractivity contribution in [1.29, 1.82) is 5.26 Å². The highest BCUT2D eigenvalue weighted by Gasteiger charge is 2.21. The van der Waals surface area contributed by atoms with E-state index in [4.69, 9.17) is 15.2 Å². The maximum Gasteiger partial charge on any atom is 0.120 e. The van der Waals surface area contributed by atoms with E-state index in [2.05, 4.69) is 11.5 Å². The first kappa shape index (κ1) is 12.9. The second kappa shape index (κ2) is 5.85. The Hall–Kier alpha value is -1.57. The molecule has 96 valence electrons. The molecule has 0 bridgehead atoms. The second-order valence-electron chi connectivity index (χ2n) is 4.81. The largest absolute Gasteiger partial charge is 0.490 e. The molecule has 0 heterocycles. The fraction of sp³-hybridized carbons (Fsp3) is 0.500. The normalized spacial score (nSPS) is 23.4. The average molecular weight is 246 g/mol. The first-order valence-electron chi connectivity index (χ1n) is 6.30. The van der Waals surface area contributed by atoms with Crippen LogP contribution >= 0.6 is 0 Å². The summed E-state index contributed by atoms with van der Waals surface area (Å²) in [5.74, 6) is 0.826. The summed E-state index contributed by atoms with van der Waals surface area (Å²) in [6.45, 7) is 1.91. The van der Waals surface area contributed by atoms with Crippen LogP contribution in [0.4, 0.5) is 0 Å². The highest BCUT2D eigenvalue weighted by atomic mass is 16.5. The first-order valence-corrected chi connectivity index (χ1v) is 6.30. The Balaban J connectivity index is 1.94. The highest BCUT2D eigenvalue weighted by molar-refractivity contribution is 5.41. The molecule has 0 saturated heterocycles. The Morgan fingerprint density at radius 2 is 2.06 bits per heavy atom. The summed E-state index contributed by atoms with van der Waals surface area (Å²) in [4.78, 5) is 0. The molecule has 1 aromatic rings. The molecule has 4 heteroatoms. The van der Waals surface area contributed by atoms with Crippen LogP contribution in [0.3, 0.4) is 0 Å². The Kier molecular flexibility index (Phi) is 4.19. The minimum absolute atomic E-state index is 0.201. The van der Waals surface area contributed by atoms with Crippen molar-refractivity contribution in [2.75, 3.05) is 0 Å². The van der Waals surface area contributed by atoms with Gasteiger partial charge in [0.05, 0.1) is 17.7 Å². The zero-order valence-corrected chi connectivity index (χ0v) is 10.5. The fourth-order valence-electron chi connectivity index (χ4n) is 2.34. The third-order valence-corrected chi connectivity index (χ3v) is 3.48. The minimum Gasteiger partial charge on any atom is -0.490 e. The van der Waals surface area contributed by atoms with Crippen molar-refractivity contribution in [2.45, 2.75) is 44.8 Å². The van der Waals surface area contributed by atoms with E-state index in [-0.39, 0.29) is 12.1 Å². The summed E-state index contributed by atoms with van der Waals surface area (Å²) in [5.41, 5.74) is 3.96. The van der Waals surface area contributed by atoms with Crippen LogP contribution in [0.25, 0.3) is 0 Å². The highest BCUT2D eigenvalue weighted by Crippen LogP contribution is 2.25. The van der Waals surface area contributed by atoms with E-state index < -0.39 is 0 Å². The van der Waals surface area contributed by atoms with Gasteiger partial charge in [-0.2, -0.15) is 5.26 Å². The van der Waals surface area contributed by atoms with Crippen molar-refractivity contribution in [3.63, 3.8) is 0 Å². The summed E-state index contributed by atoms with van der Waals surface area (Å²) >= 11 is 0. The number of hydroxylamine groups is 1. The van der Waals surface area contributed by atoms with E-state index >= 15 is 0 Å². The summed E-state index contributed by atoms with van der Waals surface area (Å²) in [6, 6.07) is 7.91. The number of ether oxygens (including phenoxy) is 1. The van der Waals surface area contributed by atoms with Gasteiger partial charge in [0.2, 0.25) is 0 Å². The molecule has 0 amide bonds. The maximum absolute atomic E-state index is 8.87. The molecule has 0 aliphatic heterocycles. The molecule has 18 heavy (non-hydrogen) atoms. The molecule has 1 aliphatic carbocycles. The summed E-state index contributed by atoms with van der Waals surface area (Å²) < 4.78 is 5.91. The van der Waals surface area contributed by atoms with E-state index in [1.807, 2.05) is 19.1 Å². The monoisotopic (exact) mass is 246 g/mol. The van der Waals surface area contributed by atoms with Crippen LogP contribution in [-0.4, -0.2) is 17.4 Å². The molecule has 1 fully saturated rings. The van der Waals surface area contributed by atoms with Gasteiger partial charge in [0.15, 0.2) is 0 Å². The Labute approximate surface area is 107 Å². The number of benzene rings is 1. The van der Waals surface area contributed by atoms with Crippen LogP contribution in [-0.2, 0) is 0 Å². The van der Waals surface area contributed by atoms with Crippen LogP contribution < -0.4 is 10.2 Å². The molecular weight excluding hydrogens is 228 g/mol. The molecule has 2 rings (SSSR count). The number of nitrogens with zero attached hydrogens (tertiary/aromatic N) is 1. The summed E-state index contributed by atoms with van der Waals surface area (Å²) in [5, 5.41) is 17.7. The fourth-order valence-corrected chi connectivity index (χ4v) is 2.34. The third-order valence-electron chi connectivity index (χ3n) is 3.48. The molecule has 1 aliphatic rings.